The summed E-state index contributed by atoms with van der Waals surface area (Å²) in [6, 6.07) is 4.38. The summed E-state index contributed by atoms with van der Waals surface area (Å²) in [7, 11) is 0. The molecule has 0 spiro atoms. The molecule has 0 fully saturated rings. The summed E-state index contributed by atoms with van der Waals surface area (Å²) in [5.74, 6) is -1.82. The maximum Gasteiger partial charge on any atom is 0.336 e. The molecule has 1 heterocycles. The average molecular weight is 329 g/mol. The van der Waals surface area contributed by atoms with Crippen LogP contribution in [0.4, 0.5) is 4.39 Å². The van der Waals surface area contributed by atoms with Crippen molar-refractivity contribution < 1.29 is 14.3 Å². The molecule has 0 amide bonds. The third kappa shape index (κ3) is 2.68. The van der Waals surface area contributed by atoms with Crippen molar-refractivity contribution in [2.24, 2.45) is 0 Å². The molecular formula is C11H6BrFN2O2S. The number of halogens is 2. The summed E-state index contributed by atoms with van der Waals surface area (Å²) in [5, 5.41) is 9.24. The largest absolute Gasteiger partial charge is 0.478 e. The molecule has 18 heavy (non-hydrogen) atoms. The van der Waals surface area contributed by atoms with E-state index in [0.29, 0.717) is 5.16 Å². The smallest absolute Gasteiger partial charge is 0.336 e. The van der Waals surface area contributed by atoms with Crippen molar-refractivity contribution in [2.45, 2.75) is 10.1 Å². The maximum atomic E-state index is 13.9. The molecule has 2 aromatic rings. The second kappa shape index (κ2) is 5.45. The number of rotatable bonds is 3. The number of hydrogen-bond acceptors (Lipinski definition) is 4. The van der Waals surface area contributed by atoms with Gasteiger partial charge in [-0.15, -0.1) is 0 Å². The number of nitrogens with zero attached hydrogens (tertiary/aromatic N) is 2. The zero-order chi connectivity index (χ0) is 13.1. The first-order chi connectivity index (χ1) is 8.59. The van der Waals surface area contributed by atoms with Crippen LogP contribution in [0, 0.1) is 5.82 Å². The number of carboxylic acid groups (broad SMARTS) is 1. The molecule has 0 saturated carbocycles. The normalized spacial score (nSPS) is 10.3. The highest BCUT2D eigenvalue weighted by Gasteiger charge is 2.16. The van der Waals surface area contributed by atoms with E-state index in [2.05, 4.69) is 25.9 Å². The standard InChI is InChI=1S/C11H6BrFN2O2S/c12-8-6(10(16)17)2-3-7(9(8)13)18-11-14-4-1-5-15-11/h1-5H,(H,16,17). The van der Waals surface area contributed by atoms with Gasteiger partial charge in [0.1, 0.15) is 0 Å². The summed E-state index contributed by atoms with van der Waals surface area (Å²) < 4.78 is 13.8. The lowest BCUT2D eigenvalue weighted by Crippen LogP contribution is -2.00. The molecule has 1 aromatic carbocycles. The van der Waals surface area contributed by atoms with E-state index in [9.17, 15) is 9.18 Å². The third-order valence-corrected chi connectivity index (χ3v) is 3.72. The molecule has 0 atom stereocenters. The maximum absolute atomic E-state index is 13.9. The van der Waals surface area contributed by atoms with Crippen LogP contribution in [0.15, 0.2) is 45.1 Å². The fraction of sp³-hybridized carbons (Fsp3) is 0. The van der Waals surface area contributed by atoms with Gasteiger partial charge in [-0.2, -0.15) is 0 Å². The topological polar surface area (TPSA) is 63.1 Å². The first kappa shape index (κ1) is 13.0. The number of carbonyl (C=O) groups is 1. The van der Waals surface area contributed by atoms with Crippen molar-refractivity contribution in [2.75, 3.05) is 0 Å². The summed E-state index contributed by atoms with van der Waals surface area (Å²) in [5.41, 5.74) is -0.120. The van der Waals surface area contributed by atoms with Gasteiger partial charge in [0.25, 0.3) is 0 Å². The Morgan fingerprint density at radius 2 is 2.00 bits per heavy atom. The number of aromatic nitrogens is 2. The highest BCUT2D eigenvalue weighted by molar-refractivity contribution is 9.10. The lowest BCUT2D eigenvalue weighted by Gasteiger charge is -2.05. The van der Waals surface area contributed by atoms with Crippen molar-refractivity contribution in [3.05, 3.63) is 46.4 Å². The molecular weight excluding hydrogens is 323 g/mol. The Labute approximate surface area is 114 Å². The zero-order valence-electron chi connectivity index (χ0n) is 8.80. The van der Waals surface area contributed by atoms with E-state index in [0.717, 1.165) is 11.8 Å². The highest BCUT2D eigenvalue weighted by atomic mass is 79.9. The summed E-state index contributed by atoms with van der Waals surface area (Å²) in [4.78, 5) is 19.0. The van der Waals surface area contributed by atoms with E-state index >= 15 is 0 Å². The van der Waals surface area contributed by atoms with E-state index < -0.39 is 11.8 Å². The second-order valence-corrected chi connectivity index (χ2v) is 4.98. The van der Waals surface area contributed by atoms with Crippen molar-refractivity contribution in [1.82, 2.24) is 9.97 Å². The second-order valence-electron chi connectivity index (χ2n) is 3.18. The predicted molar refractivity (Wildman–Crippen MR) is 67.2 cm³/mol. The van der Waals surface area contributed by atoms with E-state index in [1.54, 1.807) is 18.5 Å². The molecule has 7 heteroatoms. The minimum Gasteiger partial charge on any atom is -0.478 e. The van der Waals surface area contributed by atoms with Crippen molar-refractivity contribution in [3.8, 4) is 0 Å². The lowest BCUT2D eigenvalue weighted by molar-refractivity contribution is 0.0695. The summed E-state index contributed by atoms with van der Waals surface area (Å²) >= 11 is 3.96. The molecule has 0 saturated heterocycles. The molecule has 0 aliphatic carbocycles. The Kier molecular flexibility index (Phi) is 3.93. The fourth-order valence-electron chi connectivity index (χ4n) is 1.21. The van der Waals surface area contributed by atoms with Crippen LogP contribution in [0.25, 0.3) is 0 Å². The van der Waals surface area contributed by atoms with Gasteiger partial charge in [0.15, 0.2) is 11.0 Å². The molecule has 2 rings (SSSR count). The molecule has 0 radical (unpaired) electrons. The van der Waals surface area contributed by atoms with Gasteiger partial charge in [0.05, 0.1) is 14.9 Å². The molecule has 4 nitrogen and oxygen atoms in total. The van der Waals surface area contributed by atoms with Crippen molar-refractivity contribution in [1.29, 1.82) is 0 Å². The number of aromatic carboxylic acids is 1. The minimum absolute atomic E-state index is 0.0732. The quantitative estimate of drug-likeness (QED) is 0.876. The lowest BCUT2D eigenvalue weighted by atomic mass is 10.2. The van der Waals surface area contributed by atoms with Gasteiger partial charge < -0.3 is 5.11 Å². The average Bonchev–Trinajstić information content (AvgIpc) is 2.36. The molecule has 0 aliphatic heterocycles. The molecule has 0 unspecified atom stereocenters. The van der Waals surface area contributed by atoms with Crippen LogP contribution in [-0.2, 0) is 0 Å². The number of hydrogen-bond donors (Lipinski definition) is 1. The predicted octanol–water partition coefficient (Wildman–Crippen LogP) is 3.23. The Bertz CT molecular complexity index is 595. The first-order valence-corrected chi connectivity index (χ1v) is 6.36. The number of carboxylic acids is 1. The molecule has 92 valence electrons. The van der Waals surface area contributed by atoms with Crippen molar-refractivity contribution >= 4 is 33.7 Å². The third-order valence-electron chi connectivity index (χ3n) is 2.02. The Hall–Kier alpha value is -1.47. The minimum atomic E-state index is -1.19. The monoisotopic (exact) mass is 328 g/mol. The van der Waals surface area contributed by atoms with Gasteiger partial charge in [0, 0.05) is 12.4 Å². The van der Waals surface area contributed by atoms with Gasteiger partial charge in [0.2, 0.25) is 0 Å². The van der Waals surface area contributed by atoms with E-state index in [1.165, 1.54) is 12.1 Å². The zero-order valence-corrected chi connectivity index (χ0v) is 11.2. The Balaban J connectivity index is 2.36. The van der Waals surface area contributed by atoms with Crippen molar-refractivity contribution in [3.63, 3.8) is 0 Å². The summed E-state index contributed by atoms with van der Waals surface area (Å²) in [6.07, 6.45) is 3.10. The molecule has 0 aliphatic rings. The first-order valence-electron chi connectivity index (χ1n) is 4.75. The Morgan fingerprint density at radius 1 is 1.33 bits per heavy atom. The fourth-order valence-corrected chi connectivity index (χ4v) is 2.61. The van der Waals surface area contributed by atoms with Crippen LogP contribution in [-0.4, -0.2) is 21.0 Å². The van der Waals surface area contributed by atoms with E-state index in [-0.39, 0.29) is 14.9 Å². The van der Waals surface area contributed by atoms with Gasteiger partial charge in [-0.05, 0) is 45.9 Å². The van der Waals surface area contributed by atoms with Crippen LogP contribution in [0.1, 0.15) is 10.4 Å². The molecule has 0 bridgehead atoms. The highest BCUT2D eigenvalue weighted by Crippen LogP contribution is 2.32. The van der Waals surface area contributed by atoms with E-state index in [4.69, 9.17) is 5.11 Å². The van der Waals surface area contributed by atoms with Gasteiger partial charge in [-0.25, -0.2) is 19.2 Å². The van der Waals surface area contributed by atoms with Crippen LogP contribution in [0.5, 0.6) is 0 Å². The molecule has 1 N–H and O–H groups in total. The van der Waals surface area contributed by atoms with Crippen LogP contribution in [0.2, 0.25) is 0 Å². The van der Waals surface area contributed by atoms with Crippen LogP contribution in [0.3, 0.4) is 0 Å². The molecule has 1 aromatic heterocycles. The Morgan fingerprint density at radius 3 is 2.61 bits per heavy atom. The van der Waals surface area contributed by atoms with Gasteiger partial charge in [-0.1, -0.05) is 0 Å². The van der Waals surface area contributed by atoms with Gasteiger partial charge >= 0.3 is 5.97 Å². The number of benzene rings is 1. The van der Waals surface area contributed by atoms with E-state index in [1.807, 2.05) is 0 Å². The summed E-state index contributed by atoms with van der Waals surface area (Å²) in [6.45, 7) is 0. The van der Waals surface area contributed by atoms with Gasteiger partial charge in [-0.3, -0.25) is 0 Å². The van der Waals surface area contributed by atoms with Crippen LogP contribution < -0.4 is 0 Å². The SMILES string of the molecule is O=C(O)c1ccc(Sc2ncccn2)c(F)c1Br. The van der Waals surface area contributed by atoms with Crippen LogP contribution >= 0.6 is 27.7 Å².